The Labute approximate surface area is 56.9 Å². The Bertz CT molecular complexity index is 125. The zero-order valence-corrected chi connectivity index (χ0v) is 6.22. The Morgan fingerprint density at radius 1 is 1.67 bits per heavy atom. The highest BCUT2D eigenvalue weighted by Gasteiger charge is 2.25. The molecule has 0 spiro atoms. The van der Waals surface area contributed by atoms with Gasteiger partial charge < -0.3 is 5.73 Å². The summed E-state index contributed by atoms with van der Waals surface area (Å²) in [6.45, 7) is 4.30. The Hall–Kier alpha value is -0.300. The minimum atomic E-state index is 0.0503. The van der Waals surface area contributed by atoms with Crippen LogP contribution in [-0.4, -0.2) is 5.54 Å². The molecule has 0 aromatic rings. The smallest absolute Gasteiger partial charge is 0.0189 e. The number of nitrogens with two attached hydrogens (primary N) is 1. The van der Waals surface area contributed by atoms with E-state index < -0.39 is 0 Å². The van der Waals surface area contributed by atoms with E-state index >= 15 is 0 Å². The fourth-order valence-electron chi connectivity index (χ4n) is 1.14. The third kappa shape index (κ3) is 1.33. The topological polar surface area (TPSA) is 26.0 Å². The maximum absolute atomic E-state index is 5.97. The summed E-state index contributed by atoms with van der Waals surface area (Å²) in [5.41, 5.74) is 6.02. The molecule has 2 N–H and O–H groups in total. The van der Waals surface area contributed by atoms with Crippen molar-refractivity contribution < 1.29 is 0 Å². The van der Waals surface area contributed by atoms with Gasteiger partial charge in [-0.3, -0.25) is 0 Å². The lowest BCUT2D eigenvalue weighted by atomic mass is 9.80. The molecule has 2 atom stereocenters. The molecule has 1 nitrogen and oxygen atoms in total. The largest absolute Gasteiger partial charge is 0.325 e. The summed E-state index contributed by atoms with van der Waals surface area (Å²) in [6.07, 6.45) is 6.71. The molecular weight excluding hydrogens is 110 g/mol. The van der Waals surface area contributed by atoms with Crippen LogP contribution < -0.4 is 5.73 Å². The van der Waals surface area contributed by atoms with E-state index in [1.54, 1.807) is 0 Å². The average Bonchev–Trinajstić information content (AvgIpc) is 1.77. The highest BCUT2D eigenvalue weighted by molar-refractivity contribution is 5.03. The van der Waals surface area contributed by atoms with Gasteiger partial charge in [0.05, 0.1) is 0 Å². The summed E-state index contributed by atoms with van der Waals surface area (Å²) in [5.74, 6) is 0.547. The fourth-order valence-corrected chi connectivity index (χ4v) is 1.14. The van der Waals surface area contributed by atoms with Gasteiger partial charge in [0.1, 0.15) is 0 Å². The molecule has 52 valence electrons. The van der Waals surface area contributed by atoms with Crippen molar-refractivity contribution in [2.24, 2.45) is 11.7 Å². The van der Waals surface area contributed by atoms with Gasteiger partial charge in [-0.25, -0.2) is 0 Å². The van der Waals surface area contributed by atoms with E-state index in [1.807, 2.05) is 0 Å². The Morgan fingerprint density at radius 2 is 2.33 bits per heavy atom. The molecule has 1 aliphatic rings. The van der Waals surface area contributed by atoms with Gasteiger partial charge >= 0.3 is 0 Å². The fraction of sp³-hybridized carbons (Fsp3) is 0.750. The van der Waals surface area contributed by atoms with E-state index in [2.05, 4.69) is 26.0 Å². The molecule has 1 heteroatoms. The second-order valence-electron chi connectivity index (χ2n) is 3.26. The van der Waals surface area contributed by atoms with Gasteiger partial charge in [0.25, 0.3) is 0 Å². The molecule has 0 amide bonds. The van der Waals surface area contributed by atoms with Gasteiger partial charge in [-0.15, -0.1) is 0 Å². The van der Waals surface area contributed by atoms with Crippen molar-refractivity contribution in [3.05, 3.63) is 12.2 Å². The van der Waals surface area contributed by atoms with Gasteiger partial charge in [0, 0.05) is 5.54 Å². The predicted octanol–water partition coefficient (Wildman–Crippen LogP) is 1.69. The quantitative estimate of drug-likeness (QED) is 0.490. The van der Waals surface area contributed by atoms with E-state index in [9.17, 15) is 0 Å². The molecule has 0 aromatic carbocycles. The molecule has 1 aliphatic carbocycles. The monoisotopic (exact) mass is 125 g/mol. The van der Waals surface area contributed by atoms with Crippen LogP contribution in [0.5, 0.6) is 0 Å². The molecule has 0 aromatic heterocycles. The summed E-state index contributed by atoms with van der Waals surface area (Å²) in [4.78, 5) is 0. The van der Waals surface area contributed by atoms with Crippen LogP contribution in [0.15, 0.2) is 12.2 Å². The molecular formula is C8H15N. The standard InChI is InChI=1S/C8H15N/c1-7-5-3-4-6-8(7,2)9/h3,5,7H,4,6,9H2,1-2H3. The summed E-state index contributed by atoms with van der Waals surface area (Å²) in [5, 5.41) is 0. The van der Waals surface area contributed by atoms with Crippen LogP contribution in [0.1, 0.15) is 26.7 Å². The minimum Gasteiger partial charge on any atom is -0.325 e. The molecule has 0 saturated carbocycles. The Morgan fingerprint density at radius 3 is 2.67 bits per heavy atom. The summed E-state index contributed by atoms with van der Waals surface area (Å²) in [6, 6.07) is 0. The molecule has 0 saturated heterocycles. The lowest BCUT2D eigenvalue weighted by Gasteiger charge is -2.32. The maximum atomic E-state index is 5.97. The average molecular weight is 125 g/mol. The van der Waals surface area contributed by atoms with Crippen LogP contribution in [0.25, 0.3) is 0 Å². The Kier molecular flexibility index (Phi) is 1.62. The summed E-state index contributed by atoms with van der Waals surface area (Å²) >= 11 is 0. The van der Waals surface area contributed by atoms with Crippen molar-refractivity contribution in [3.63, 3.8) is 0 Å². The van der Waals surface area contributed by atoms with Gasteiger partial charge in [0.15, 0.2) is 0 Å². The first-order chi connectivity index (χ1) is 4.13. The lowest BCUT2D eigenvalue weighted by molar-refractivity contribution is 0.334. The zero-order chi connectivity index (χ0) is 6.91. The first-order valence-electron chi connectivity index (χ1n) is 3.58. The molecule has 0 radical (unpaired) electrons. The van der Waals surface area contributed by atoms with Crippen LogP contribution in [0.3, 0.4) is 0 Å². The maximum Gasteiger partial charge on any atom is 0.0189 e. The predicted molar refractivity (Wildman–Crippen MR) is 40.1 cm³/mol. The van der Waals surface area contributed by atoms with Crippen LogP contribution in [0.2, 0.25) is 0 Å². The summed E-state index contributed by atoms with van der Waals surface area (Å²) < 4.78 is 0. The van der Waals surface area contributed by atoms with E-state index in [0.717, 1.165) is 12.8 Å². The molecule has 1 rings (SSSR count). The first kappa shape index (κ1) is 6.81. The number of allylic oxidation sites excluding steroid dienone is 1. The van der Waals surface area contributed by atoms with E-state index in [4.69, 9.17) is 5.73 Å². The Balaban J connectivity index is 2.66. The summed E-state index contributed by atoms with van der Waals surface area (Å²) in [7, 11) is 0. The molecule has 0 aliphatic heterocycles. The minimum absolute atomic E-state index is 0.0503. The normalized spacial score (nSPS) is 43.2. The third-order valence-corrected chi connectivity index (χ3v) is 2.31. The number of rotatable bonds is 0. The highest BCUT2D eigenvalue weighted by Crippen LogP contribution is 2.25. The third-order valence-electron chi connectivity index (χ3n) is 2.31. The van der Waals surface area contributed by atoms with Crippen LogP contribution >= 0.6 is 0 Å². The molecule has 0 bridgehead atoms. The van der Waals surface area contributed by atoms with Crippen LogP contribution in [0.4, 0.5) is 0 Å². The molecule has 0 fully saturated rings. The molecule has 2 unspecified atom stereocenters. The van der Waals surface area contributed by atoms with Crippen molar-refractivity contribution >= 4 is 0 Å². The van der Waals surface area contributed by atoms with E-state index in [0.29, 0.717) is 5.92 Å². The van der Waals surface area contributed by atoms with E-state index in [-0.39, 0.29) is 5.54 Å². The van der Waals surface area contributed by atoms with Gasteiger partial charge in [-0.1, -0.05) is 19.1 Å². The van der Waals surface area contributed by atoms with E-state index in [1.165, 1.54) is 0 Å². The zero-order valence-electron chi connectivity index (χ0n) is 6.22. The number of hydrogen-bond acceptors (Lipinski definition) is 1. The lowest BCUT2D eigenvalue weighted by Crippen LogP contribution is -2.43. The van der Waals surface area contributed by atoms with Gasteiger partial charge in [-0.05, 0) is 25.7 Å². The first-order valence-corrected chi connectivity index (χ1v) is 3.58. The number of hydrogen-bond donors (Lipinski definition) is 1. The molecule has 9 heavy (non-hydrogen) atoms. The van der Waals surface area contributed by atoms with Gasteiger partial charge in [0.2, 0.25) is 0 Å². The second kappa shape index (κ2) is 2.14. The molecule has 0 heterocycles. The van der Waals surface area contributed by atoms with Crippen molar-refractivity contribution in [2.75, 3.05) is 0 Å². The SMILES string of the molecule is CC1C=CCCC1(C)N. The van der Waals surface area contributed by atoms with Crippen LogP contribution in [-0.2, 0) is 0 Å². The second-order valence-corrected chi connectivity index (χ2v) is 3.26. The van der Waals surface area contributed by atoms with Crippen molar-refractivity contribution in [1.82, 2.24) is 0 Å². The van der Waals surface area contributed by atoms with Gasteiger partial charge in [-0.2, -0.15) is 0 Å². The van der Waals surface area contributed by atoms with Crippen molar-refractivity contribution in [3.8, 4) is 0 Å². The van der Waals surface area contributed by atoms with Crippen molar-refractivity contribution in [2.45, 2.75) is 32.2 Å². The van der Waals surface area contributed by atoms with Crippen LogP contribution in [0, 0.1) is 5.92 Å². The van der Waals surface area contributed by atoms with Crippen molar-refractivity contribution in [1.29, 1.82) is 0 Å². The highest BCUT2D eigenvalue weighted by atomic mass is 14.7.